The number of anilines is 2. The Morgan fingerprint density at radius 2 is 0.729 bits per heavy atom. The number of Topliss-reactive ketones (excluding diaryl/α,β-unsaturated/α-hetero) is 2. The maximum atomic E-state index is 12.2. The van der Waals surface area contributed by atoms with Crippen LogP contribution >= 0.6 is 0 Å². The average molecular weight is 936 g/mol. The first-order valence-corrected chi connectivity index (χ1v) is 17.6. The van der Waals surface area contributed by atoms with Gasteiger partial charge in [-0.25, -0.2) is 0 Å². The standard InChI is InChI=1S/2C21H26N5O.4ClH.Zn/c2*1-25(15-5-14-22)20-12-10-19(11-13-20)24-23-18-8-6-17(7-9-18)21(27)16-26(2,3)4;;;;;/h2*6-13H,5,15-16H2,1-4H3;4*1H;/q2*+1;;;;;+2/p-4. The van der Waals surface area contributed by atoms with Crippen LogP contribution in [0.3, 0.4) is 0 Å². The molecule has 17 heteroatoms. The topological polar surface area (TPSA) is 138 Å². The molecular formula is C42H52Cl4N10O2Zn. The molecule has 0 bridgehead atoms. The zero-order valence-corrected chi connectivity index (χ0v) is 41.0. The van der Waals surface area contributed by atoms with Gasteiger partial charge < -0.3 is 68.4 Å². The van der Waals surface area contributed by atoms with Crippen molar-refractivity contribution < 1.29 is 87.7 Å². The molecule has 0 atom stereocenters. The molecule has 0 saturated heterocycles. The third-order valence-corrected chi connectivity index (χ3v) is 7.88. The Kier molecular flexibility index (Phi) is 29.0. The van der Waals surface area contributed by atoms with Crippen molar-refractivity contribution in [1.29, 1.82) is 10.5 Å². The first-order valence-electron chi connectivity index (χ1n) is 17.6. The number of quaternary nitrogens is 2. The predicted molar refractivity (Wildman–Crippen MR) is 216 cm³/mol. The average Bonchev–Trinajstić information content (AvgIpc) is 3.14. The molecule has 0 aromatic heterocycles. The number of likely N-dealkylation sites (N-methyl/N-ethyl adjacent to an activating group) is 2. The minimum absolute atomic E-state index is 0. The van der Waals surface area contributed by atoms with Crippen LogP contribution in [-0.2, 0) is 19.5 Å². The van der Waals surface area contributed by atoms with Crippen LogP contribution in [0.5, 0.6) is 0 Å². The molecule has 0 unspecified atom stereocenters. The summed E-state index contributed by atoms with van der Waals surface area (Å²) in [6.45, 7) is 2.29. The minimum Gasteiger partial charge on any atom is -1.00 e. The van der Waals surface area contributed by atoms with Gasteiger partial charge in [-0.2, -0.15) is 31.0 Å². The first kappa shape index (κ1) is 59.0. The van der Waals surface area contributed by atoms with E-state index < -0.39 is 0 Å². The van der Waals surface area contributed by atoms with E-state index in [0.29, 0.717) is 70.5 Å². The number of hydrogen-bond acceptors (Lipinski definition) is 10. The summed E-state index contributed by atoms with van der Waals surface area (Å²) in [7, 11) is 15.9. The van der Waals surface area contributed by atoms with Crippen LogP contribution in [0.25, 0.3) is 0 Å². The van der Waals surface area contributed by atoms with Crippen molar-refractivity contribution in [2.45, 2.75) is 12.8 Å². The number of nitriles is 2. The molecule has 0 aliphatic rings. The summed E-state index contributed by atoms with van der Waals surface area (Å²) in [4.78, 5) is 28.5. The van der Waals surface area contributed by atoms with E-state index in [0.717, 1.165) is 22.7 Å². The van der Waals surface area contributed by atoms with Gasteiger partial charge in [0.2, 0.25) is 11.6 Å². The zero-order chi connectivity index (χ0) is 39.7. The Labute approximate surface area is 387 Å². The van der Waals surface area contributed by atoms with E-state index in [9.17, 15) is 9.59 Å². The molecule has 0 aliphatic carbocycles. The van der Waals surface area contributed by atoms with E-state index in [-0.39, 0.29) is 80.7 Å². The number of benzene rings is 4. The summed E-state index contributed by atoms with van der Waals surface area (Å²) in [6.07, 6.45) is 0.983. The van der Waals surface area contributed by atoms with Gasteiger partial charge in [-0.05, 0) is 97.1 Å². The van der Waals surface area contributed by atoms with E-state index in [4.69, 9.17) is 10.5 Å². The molecule has 59 heavy (non-hydrogen) atoms. The molecule has 4 rings (SSSR count). The van der Waals surface area contributed by atoms with Gasteiger partial charge in [-0.1, -0.05) is 0 Å². The molecule has 0 radical (unpaired) electrons. The summed E-state index contributed by atoms with van der Waals surface area (Å²) >= 11 is 0. The maximum absolute atomic E-state index is 12.2. The zero-order valence-electron chi connectivity index (χ0n) is 35.0. The summed E-state index contributed by atoms with van der Waals surface area (Å²) in [5.41, 5.74) is 6.33. The van der Waals surface area contributed by atoms with Gasteiger partial charge in [-0.15, -0.1) is 0 Å². The monoisotopic (exact) mass is 932 g/mol. The van der Waals surface area contributed by atoms with Crippen LogP contribution in [0.15, 0.2) is 118 Å². The van der Waals surface area contributed by atoms with Crippen molar-refractivity contribution in [2.24, 2.45) is 20.5 Å². The fourth-order valence-corrected chi connectivity index (χ4v) is 4.94. The van der Waals surface area contributed by atoms with Crippen LogP contribution in [0.4, 0.5) is 34.1 Å². The summed E-state index contributed by atoms with van der Waals surface area (Å²) in [5.74, 6) is 0.226. The van der Waals surface area contributed by atoms with Crippen LogP contribution < -0.4 is 59.4 Å². The summed E-state index contributed by atoms with van der Waals surface area (Å²) < 4.78 is 1.20. The molecule has 0 heterocycles. The molecule has 0 N–H and O–H groups in total. The number of ketones is 2. The molecule has 0 spiro atoms. The second kappa shape index (κ2) is 29.0. The fourth-order valence-electron chi connectivity index (χ4n) is 4.94. The fraction of sp³-hybridized carbons (Fsp3) is 0.333. The van der Waals surface area contributed by atoms with Gasteiger partial charge in [0.05, 0.1) is 90.0 Å². The third-order valence-electron chi connectivity index (χ3n) is 7.88. The van der Waals surface area contributed by atoms with Crippen molar-refractivity contribution in [3.63, 3.8) is 0 Å². The molecule has 0 saturated carbocycles. The third kappa shape index (κ3) is 22.6. The number of azo groups is 2. The van der Waals surface area contributed by atoms with Crippen LogP contribution in [0.1, 0.15) is 33.6 Å². The Balaban J connectivity index is -0.000000980. The van der Waals surface area contributed by atoms with Gasteiger partial charge in [0, 0.05) is 49.7 Å². The van der Waals surface area contributed by atoms with Crippen molar-refractivity contribution in [1.82, 2.24) is 0 Å². The first-order chi connectivity index (χ1) is 25.6. The molecule has 4 aromatic rings. The molecule has 0 fully saturated rings. The number of nitrogens with zero attached hydrogens (tertiary/aromatic N) is 10. The van der Waals surface area contributed by atoms with Gasteiger partial charge in [0.1, 0.15) is 13.1 Å². The molecule has 312 valence electrons. The number of carbonyl (C=O) groups excluding carboxylic acids is 2. The van der Waals surface area contributed by atoms with Crippen LogP contribution in [0, 0.1) is 22.7 Å². The van der Waals surface area contributed by atoms with Gasteiger partial charge in [0.25, 0.3) is 0 Å². The SMILES string of the molecule is CN(CCC#N)c1ccc(N=Nc2ccc(C(=O)C[N+](C)(C)C)cc2)cc1.CN(CCC#N)c1ccc(N=Nc2ccc(C(=O)C[N+](C)(C)C)cc2)cc1.[Cl-].[Cl-].[Cl-].[Cl-].[Zn+2]. The Bertz CT molecular complexity index is 1830. The number of rotatable bonds is 16. The number of carbonyl (C=O) groups is 2. The van der Waals surface area contributed by atoms with Gasteiger partial charge >= 0.3 is 19.5 Å². The molecule has 4 aromatic carbocycles. The molecule has 0 amide bonds. The largest absolute Gasteiger partial charge is 2.00 e. The van der Waals surface area contributed by atoms with Crippen LogP contribution in [-0.4, -0.2) is 103 Å². The summed E-state index contributed by atoms with van der Waals surface area (Å²) in [5, 5.41) is 34.3. The molecule has 12 nitrogen and oxygen atoms in total. The van der Waals surface area contributed by atoms with Crippen molar-refractivity contribution in [2.75, 3.05) is 92.4 Å². The number of halogens is 4. The van der Waals surface area contributed by atoms with Crippen molar-refractivity contribution >= 4 is 45.7 Å². The second-order valence-corrected chi connectivity index (χ2v) is 14.9. The maximum Gasteiger partial charge on any atom is 2.00 e. The van der Waals surface area contributed by atoms with E-state index in [1.54, 1.807) is 48.5 Å². The second-order valence-electron chi connectivity index (χ2n) is 14.9. The van der Waals surface area contributed by atoms with E-state index in [1.165, 1.54) is 0 Å². The minimum atomic E-state index is 0. The van der Waals surface area contributed by atoms with Gasteiger partial charge in [0.15, 0.2) is 0 Å². The van der Waals surface area contributed by atoms with E-state index >= 15 is 0 Å². The van der Waals surface area contributed by atoms with Crippen molar-refractivity contribution in [3.8, 4) is 12.1 Å². The van der Waals surface area contributed by atoms with Crippen molar-refractivity contribution in [3.05, 3.63) is 108 Å². The normalized spacial score (nSPS) is 10.4. The molecule has 0 aliphatic heterocycles. The van der Waals surface area contributed by atoms with E-state index in [2.05, 4.69) is 32.6 Å². The van der Waals surface area contributed by atoms with Gasteiger partial charge in [-0.3, -0.25) is 9.59 Å². The summed E-state index contributed by atoms with van der Waals surface area (Å²) in [6, 6.07) is 34.0. The van der Waals surface area contributed by atoms with E-state index in [1.807, 2.05) is 115 Å². The molecular weight excluding hydrogens is 884 g/mol. The van der Waals surface area contributed by atoms with Crippen LogP contribution in [0.2, 0.25) is 0 Å². The number of hydrogen-bond donors (Lipinski definition) is 0. The Morgan fingerprint density at radius 3 is 0.949 bits per heavy atom. The Morgan fingerprint density at radius 1 is 0.492 bits per heavy atom. The quantitative estimate of drug-likeness (QED) is 0.0500. The smallest absolute Gasteiger partial charge is 1.00 e. The predicted octanol–water partition coefficient (Wildman–Crippen LogP) is -3.30. The Hall–Kier alpha value is -4.30.